The lowest BCUT2D eigenvalue weighted by molar-refractivity contribution is -0.140. The molecule has 0 fully saturated rings. The molecule has 7 aromatic heterocycles. The Labute approximate surface area is 319 Å². The SMILES string of the molecule is COC(=O)Cc1cc(-c2ccc(-c3ccc(C(=O)O)s3)s2)sc1-c1ccc(-c2sc(-c3ccc(-c4ccc(C(=O)O)s4)s3)cc2CC(=O)OC)s1. The van der Waals surface area contributed by atoms with Gasteiger partial charge in [0, 0.05) is 58.5 Å². The Hall–Kier alpha value is -4.22. The number of esters is 2. The summed E-state index contributed by atoms with van der Waals surface area (Å²) in [7, 11) is 2.75. The fourth-order valence-electron chi connectivity index (χ4n) is 5.19. The summed E-state index contributed by atoms with van der Waals surface area (Å²) in [6.45, 7) is 0. The van der Waals surface area contributed by atoms with Crippen molar-refractivity contribution in [2.75, 3.05) is 14.2 Å². The molecule has 0 saturated carbocycles. The van der Waals surface area contributed by atoms with Crippen LogP contribution in [0.15, 0.2) is 72.8 Å². The molecule has 0 saturated heterocycles. The molecule has 0 unspecified atom stereocenters. The van der Waals surface area contributed by atoms with E-state index in [0.717, 1.165) is 69.7 Å². The van der Waals surface area contributed by atoms with Crippen molar-refractivity contribution in [3.63, 3.8) is 0 Å². The van der Waals surface area contributed by atoms with Crippen molar-refractivity contribution in [3.8, 4) is 58.5 Å². The molecule has 258 valence electrons. The molecule has 0 bridgehead atoms. The zero-order valence-electron chi connectivity index (χ0n) is 26.5. The van der Waals surface area contributed by atoms with Crippen LogP contribution in [0.25, 0.3) is 58.5 Å². The zero-order valence-corrected chi connectivity index (χ0v) is 32.3. The minimum Gasteiger partial charge on any atom is -0.477 e. The fourth-order valence-corrected chi connectivity index (χ4v) is 12.9. The standard InChI is InChI=1S/C36H24O8S7/c1-43-31(37)15-17-13-29(23-5-3-19(45-23)21-7-11-27(47-21)35(39)40)50-33(17)25-9-10-26(49-25)34-18(16-32(38)44-2)14-30(51-34)24-6-4-20(46-24)22-8-12-28(48-22)36(41)42/h3-14H,15-16H2,1-2H3,(H,39,40)(H,41,42). The maximum atomic E-state index is 12.5. The first-order valence-corrected chi connectivity index (χ1v) is 20.7. The molecule has 15 heteroatoms. The summed E-state index contributed by atoms with van der Waals surface area (Å²) in [5, 5.41) is 18.7. The number of aromatic carboxylic acids is 2. The van der Waals surface area contributed by atoms with Gasteiger partial charge in [-0.1, -0.05) is 0 Å². The Morgan fingerprint density at radius 1 is 0.451 bits per heavy atom. The first kappa shape index (κ1) is 35.2. The molecule has 51 heavy (non-hydrogen) atoms. The van der Waals surface area contributed by atoms with E-state index >= 15 is 0 Å². The molecule has 0 atom stereocenters. The molecule has 0 aliphatic heterocycles. The van der Waals surface area contributed by atoms with Crippen molar-refractivity contribution in [2.24, 2.45) is 0 Å². The van der Waals surface area contributed by atoms with Crippen LogP contribution in [-0.4, -0.2) is 48.3 Å². The number of carbonyl (C=O) groups excluding carboxylic acids is 2. The molecule has 7 heterocycles. The van der Waals surface area contributed by atoms with Crippen molar-refractivity contribution in [3.05, 3.63) is 93.7 Å². The van der Waals surface area contributed by atoms with Gasteiger partial charge >= 0.3 is 23.9 Å². The third-order valence-electron chi connectivity index (χ3n) is 7.61. The summed E-state index contributed by atoms with van der Waals surface area (Å²) < 4.78 is 10.1. The highest BCUT2D eigenvalue weighted by molar-refractivity contribution is 7.31. The van der Waals surface area contributed by atoms with Crippen molar-refractivity contribution in [1.82, 2.24) is 0 Å². The Morgan fingerprint density at radius 2 is 0.765 bits per heavy atom. The predicted octanol–water partition coefficient (Wildman–Crippen LogP) is 10.9. The van der Waals surface area contributed by atoms with Gasteiger partial charge in [0.2, 0.25) is 0 Å². The summed E-state index contributed by atoms with van der Waals surface area (Å²) in [6.07, 6.45) is 0.215. The number of carboxylic acids is 2. The highest BCUT2D eigenvalue weighted by Crippen LogP contribution is 2.49. The molecule has 0 spiro atoms. The lowest BCUT2D eigenvalue weighted by atomic mass is 10.1. The lowest BCUT2D eigenvalue weighted by Gasteiger charge is -2.02. The molecule has 0 amide bonds. The molecule has 7 rings (SSSR count). The predicted molar refractivity (Wildman–Crippen MR) is 210 cm³/mol. The molecular formula is C36H24O8S7. The van der Waals surface area contributed by atoms with E-state index in [0.29, 0.717) is 0 Å². The van der Waals surface area contributed by atoms with Crippen LogP contribution in [0.1, 0.15) is 30.5 Å². The Balaban J connectivity index is 1.22. The van der Waals surface area contributed by atoms with E-state index in [4.69, 9.17) is 9.47 Å². The Kier molecular flexibility index (Phi) is 10.2. The number of carbonyl (C=O) groups is 4. The summed E-state index contributed by atoms with van der Waals surface area (Å²) >= 11 is 10.4. The van der Waals surface area contributed by atoms with Crippen LogP contribution < -0.4 is 0 Å². The average molecular weight is 809 g/mol. The van der Waals surface area contributed by atoms with Crippen LogP contribution in [0.4, 0.5) is 0 Å². The largest absolute Gasteiger partial charge is 0.477 e. The van der Waals surface area contributed by atoms with Crippen LogP contribution in [0.2, 0.25) is 0 Å². The monoisotopic (exact) mass is 808 g/mol. The van der Waals surface area contributed by atoms with E-state index in [9.17, 15) is 29.4 Å². The van der Waals surface area contributed by atoms with Gasteiger partial charge < -0.3 is 19.7 Å². The number of rotatable bonds is 12. The normalized spacial score (nSPS) is 11.2. The van der Waals surface area contributed by atoms with Gasteiger partial charge in [0.1, 0.15) is 9.75 Å². The van der Waals surface area contributed by atoms with Gasteiger partial charge in [0.15, 0.2) is 0 Å². The number of ether oxygens (including phenoxy) is 2. The maximum absolute atomic E-state index is 12.5. The second-order valence-electron chi connectivity index (χ2n) is 10.9. The van der Waals surface area contributed by atoms with Crippen LogP contribution >= 0.6 is 79.4 Å². The molecule has 7 aromatic rings. The quantitative estimate of drug-likeness (QED) is 0.117. The van der Waals surface area contributed by atoms with E-state index in [1.54, 1.807) is 68.8 Å². The van der Waals surface area contributed by atoms with Gasteiger partial charge in [-0.25, -0.2) is 9.59 Å². The lowest BCUT2D eigenvalue weighted by Crippen LogP contribution is -2.04. The van der Waals surface area contributed by atoms with Gasteiger partial charge in [-0.2, -0.15) is 0 Å². The summed E-state index contributed by atoms with van der Waals surface area (Å²) in [5.74, 6) is -2.58. The summed E-state index contributed by atoms with van der Waals surface area (Å²) in [4.78, 5) is 60.0. The number of methoxy groups -OCH3 is 2. The molecular weight excluding hydrogens is 785 g/mol. The average Bonchev–Trinajstić information content (AvgIpc) is 3.94. The first-order chi connectivity index (χ1) is 24.6. The minimum atomic E-state index is -0.947. The van der Waals surface area contributed by atoms with Crippen LogP contribution in [0.3, 0.4) is 0 Å². The van der Waals surface area contributed by atoms with E-state index in [-0.39, 0.29) is 34.5 Å². The molecule has 0 radical (unpaired) electrons. The number of hydrogen-bond donors (Lipinski definition) is 2. The van der Waals surface area contributed by atoms with E-state index < -0.39 is 11.9 Å². The third-order valence-corrected chi connectivity index (χ3v) is 16.5. The fraction of sp³-hybridized carbons (Fsp3) is 0.111. The van der Waals surface area contributed by atoms with Crippen molar-refractivity contribution in [2.45, 2.75) is 12.8 Å². The van der Waals surface area contributed by atoms with Crippen LogP contribution in [0, 0.1) is 0 Å². The summed E-state index contributed by atoms with van der Waals surface area (Å²) in [5.41, 5.74) is 1.70. The topological polar surface area (TPSA) is 127 Å². The smallest absolute Gasteiger partial charge is 0.345 e. The summed E-state index contributed by atoms with van der Waals surface area (Å²) in [6, 6.07) is 23.0. The van der Waals surface area contributed by atoms with Crippen molar-refractivity contribution < 1.29 is 38.9 Å². The molecule has 0 aliphatic rings. The third kappa shape index (κ3) is 7.42. The molecule has 2 N–H and O–H groups in total. The highest BCUT2D eigenvalue weighted by Gasteiger charge is 2.22. The Morgan fingerprint density at radius 3 is 1.12 bits per heavy atom. The van der Waals surface area contributed by atoms with Gasteiger partial charge in [0.25, 0.3) is 0 Å². The number of carboxylic acid groups (broad SMARTS) is 2. The van der Waals surface area contributed by atoms with E-state index in [2.05, 4.69) is 0 Å². The van der Waals surface area contributed by atoms with E-state index in [1.165, 1.54) is 36.9 Å². The van der Waals surface area contributed by atoms with Crippen LogP contribution in [0.5, 0.6) is 0 Å². The minimum absolute atomic E-state index is 0.107. The molecule has 8 nitrogen and oxygen atoms in total. The maximum Gasteiger partial charge on any atom is 0.345 e. The van der Waals surface area contributed by atoms with Gasteiger partial charge in [-0.3, -0.25) is 9.59 Å². The second kappa shape index (κ2) is 14.8. The van der Waals surface area contributed by atoms with Gasteiger partial charge in [-0.15, -0.1) is 79.4 Å². The highest BCUT2D eigenvalue weighted by atomic mass is 32.1. The first-order valence-electron chi connectivity index (χ1n) is 15.0. The van der Waals surface area contributed by atoms with Crippen molar-refractivity contribution in [1.29, 1.82) is 0 Å². The van der Waals surface area contributed by atoms with Gasteiger partial charge in [0.05, 0.1) is 27.1 Å². The number of hydrogen-bond acceptors (Lipinski definition) is 13. The van der Waals surface area contributed by atoms with Gasteiger partial charge in [-0.05, 0) is 83.9 Å². The Bertz CT molecular complexity index is 2260. The van der Waals surface area contributed by atoms with Crippen molar-refractivity contribution >= 4 is 103 Å². The van der Waals surface area contributed by atoms with E-state index in [1.807, 2.05) is 60.7 Å². The molecule has 0 aliphatic carbocycles. The zero-order chi connectivity index (χ0) is 35.8. The van der Waals surface area contributed by atoms with Crippen LogP contribution in [-0.2, 0) is 31.9 Å². The molecule has 0 aromatic carbocycles. The second-order valence-corrected chi connectivity index (χ2v) is 18.4. The number of thiophene rings is 7.